The zero-order valence-electron chi connectivity index (χ0n) is 8.16. The van der Waals surface area contributed by atoms with E-state index in [0.29, 0.717) is 0 Å². The van der Waals surface area contributed by atoms with Crippen LogP contribution in [-0.4, -0.2) is 19.0 Å². The minimum Gasteiger partial charge on any atom is -0.373 e. The van der Waals surface area contributed by atoms with Gasteiger partial charge in [-0.2, -0.15) is 0 Å². The third-order valence-corrected chi connectivity index (χ3v) is 3.06. The molecule has 72 valence electrons. The van der Waals surface area contributed by atoms with E-state index in [1.54, 1.807) is 7.11 Å². The van der Waals surface area contributed by atoms with Crippen LogP contribution in [0.3, 0.4) is 0 Å². The van der Waals surface area contributed by atoms with E-state index >= 15 is 0 Å². The Bertz CT molecular complexity index is 287. The summed E-state index contributed by atoms with van der Waals surface area (Å²) in [6.07, 6.45) is 0.449. The first-order valence-electron chi connectivity index (χ1n) is 4.31. The van der Waals surface area contributed by atoms with Crippen LogP contribution >= 0.6 is 11.3 Å². The molecule has 0 fully saturated rings. The van der Waals surface area contributed by atoms with E-state index in [9.17, 15) is 4.79 Å². The first kappa shape index (κ1) is 10.4. The van der Waals surface area contributed by atoms with Gasteiger partial charge in [0.05, 0.1) is 4.88 Å². The molecule has 1 rings (SSSR count). The number of hydrogen-bond acceptors (Lipinski definition) is 3. The number of carbonyl (C=O) groups excluding carboxylic acids is 1. The van der Waals surface area contributed by atoms with Gasteiger partial charge in [-0.15, -0.1) is 11.3 Å². The van der Waals surface area contributed by atoms with E-state index in [1.165, 1.54) is 11.3 Å². The van der Waals surface area contributed by atoms with Crippen LogP contribution in [0, 0.1) is 6.92 Å². The molecule has 1 unspecified atom stereocenters. The number of ether oxygens (including phenoxy) is 1. The normalized spacial score (nSPS) is 12.8. The molecule has 0 spiro atoms. The summed E-state index contributed by atoms with van der Waals surface area (Å²) in [6.45, 7) is 3.90. The number of thiophene rings is 1. The zero-order chi connectivity index (χ0) is 9.84. The standard InChI is InChI=1S/C10H14O2S/c1-4-8(12-3)9(11)10-7(2)5-6-13-10/h5-6,8H,4H2,1-3H3. The molecule has 0 radical (unpaired) electrons. The molecule has 0 aliphatic carbocycles. The van der Waals surface area contributed by atoms with Crippen molar-refractivity contribution in [2.45, 2.75) is 26.4 Å². The van der Waals surface area contributed by atoms with Crippen LogP contribution in [0.15, 0.2) is 11.4 Å². The highest BCUT2D eigenvalue weighted by molar-refractivity contribution is 7.12. The van der Waals surface area contributed by atoms with E-state index < -0.39 is 0 Å². The molecule has 0 saturated heterocycles. The molecule has 0 N–H and O–H groups in total. The second kappa shape index (κ2) is 4.53. The Labute approximate surface area is 82.5 Å². The van der Waals surface area contributed by atoms with Crippen LogP contribution in [0.5, 0.6) is 0 Å². The fraction of sp³-hybridized carbons (Fsp3) is 0.500. The Morgan fingerprint density at radius 1 is 1.69 bits per heavy atom. The van der Waals surface area contributed by atoms with E-state index in [1.807, 2.05) is 25.3 Å². The number of rotatable bonds is 4. The molecule has 0 saturated carbocycles. The lowest BCUT2D eigenvalue weighted by Gasteiger charge is -2.10. The SMILES string of the molecule is CCC(OC)C(=O)c1sccc1C. The molecule has 0 aliphatic rings. The summed E-state index contributed by atoms with van der Waals surface area (Å²) in [5, 5.41) is 1.94. The van der Waals surface area contributed by atoms with Gasteiger partial charge in [0.1, 0.15) is 6.10 Å². The molecule has 1 atom stereocenters. The number of carbonyl (C=O) groups is 1. The van der Waals surface area contributed by atoms with Crippen molar-refractivity contribution in [3.05, 3.63) is 21.9 Å². The van der Waals surface area contributed by atoms with E-state index in [4.69, 9.17) is 4.74 Å². The van der Waals surface area contributed by atoms with Gasteiger partial charge >= 0.3 is 0 Å². The van der Waals surface area contributed by atoms with E-state index in [-0.39, 0.29) is 11.9 Å². The Morgan fingerprint density at radius 3 is 2.77 bits per heavy atom. The van der Waals surface area contributed by atoms with Crippen LogP contribution in [0.25, 0.3) is 0 Å². The molecule has 0 bridgehead atoms. The Kier molecular flexibility index (Phi) is 3.63. The van der Waals surface area contributed by atoms with Crippen LogP contribution in [0.4, 0.5) is 0 Å². The lowest BCUT2D eigenvalue weighted by atomic mass is 10.1. The van der Waals surface area contributed by atoms with Crippen LogP contribution < -0.4 is 0 Å². The summed E-state index contributed by atoms with van der Waals surface area (Å²) in [5.74, 6) is 0.109. The summed E-state index contributed by atoms with van der Waals surface area (Å²) in [5.41, 5.74) is 1.05. The second-order valence-corrected chi connectivity index (χ2v) is 3.85. The average molecular weight is 198 g/mol. The maximum absolute atomic E-state index is 11.8. The quantitative estimate of drug-likeness (QED) is 0.695. The molecule has 3 heteroatoms. The average Bonchev–Trinajstić information content (AvgIpc) is 2.53. The maximum atomic E-state index is 11.8. The molecular weight excluding hydrogens is 184 g/mol. The summed E-state index contributed by atoms with van der Waals surface area (Å²) >= 11 is 1.49. The summed E-state index contributed by atoms with van der Waals surface area (Å²) in [6, 6.07) is 1.96. The largest absolute Gasteiger partial charge is 0.373 e. The minimum absolute atomic E-state index is 0.109. The number of aryl methyl sites for hydroxylation is 1. The van der Waals surface area contributed by atoms with Gasteiger partial charge in [0.25, 0.3) is 0 Å². The first-order valence-corrected chi connectivity index (χ1v) is 5.19. The molecule has 1 aromatic rings. The van der Waals surface area contributed by atoms with Gasteiger partial charge in [-0.3, -0.25) is 4.79 Å². The highest BCUT2D eigenvalue weighted by Crippen LogP contribution is 2.19. The van der Waals surface area contributed by atoms with Crippen molar-refractivity contribution >= 4 is 17.1 Å². The molecule has 2 nitrogen and oxygen atoms in total. The van der Waals surface area contributed by atoms with Gasteiger partial charge in [-0.25, -0.2) is 0 Å². The molecule has 13 heavy (non-hydrogen) atoms. The first-order chi connectivity index (χ1) is 6.20. The fourth-order valence-electron chi connectivity index (χ4n) is 1.23. The van der Waals surface area contributed by atoms with Gasteiger partial charge in [0.15, 0.2) is 0 Å². The van der Waals surface area contributed by atoms with Gasteiger partial charge in [-0.05, 0) is 30.4 Å². The van der Waals surface area contributed by atoms with Crippen molar-refractivity contribution in [2.75, 3.05) is 7.11 Å². The summed E-state index contributed by atoms with van der Waals surface area (Å²) < 4.78 is 5.10. The summed E-state index contributed by atoms with van der Waals surface area (Å²) in [7, 11) is 1.58. The molecular formula is C10H14O2S. The van der Waals surface area contributed by atoms with E-state index in [2.05, 4.69) is 0 Å². The third kappa shape index (κ3) is 2.17. The van der Waals surface area contributed by atoms with Crippen LogP contribution in [0.1, 0.15) is 28.6 Å². The Hall–Kier alpha value is -0.670. The van der Waals surface area contributed by atoms with Crippen LogP contribution in [-0.2, 0) is 4.74 Å². The highest BCUT2D eigenvalue weighted by atomic mass is 32.1. The fourth-order valence-corrected chi connectivity index (χ4v) is 2.14. The van der Waals surface area contributed by atoms with Crippen molar-refractivity contribution in [3.8, 4) is 0 Å². The number of methoxy groups -OCH3 is 1. The Balaban J connectivity index is 2.84. The van der Waals surface area contributed by atoms with Gasteiger partial charge < -0.3 is 4.74 Å². The summed E-state index contributed by atoms with van der Waals surface area (Å²) in [4.78, 5) is 12.6. The minimum atomic E-state index is -0.280. The highest BCUT2D eigenvalue weighted by Gasteiger charge is 2.19. The third-order valence-electron chi connectivity index (χ3n) is 2.03. The molecule has 0 amide bonds. The van der Waals surface area contributed by atoms with Gasteiger partial charge in [-0.1, -0.05) is 6.92 Å². The predicted molar refractivity (Wildman–Crippen MR) is 54.5 cm³/mol. The topological polar surface area (TPSA) is 26.3 Å². The second-order valence-electron chi connectivity index (χ2n) is 2.93. The van der Waals surface area contributed by atoms with Crippen molar-refractivity contribution in [2.24, 2.45) is 0 Å². The van der Waals surface area contributed by atoms with Crippen molar-refractivity contribution < 1.29 is 9.53 Å². The lowest BCUT2D eigenvalue weighted by Crippen LogP contribution is -2.21. The van der Waals surface area contributed by atoms with Gasteiger partial charge in [0.2, 0.25) is 5.78 Å². The smallest absolute Gasteiger partial charge is 0.201 e. The number of hydrogen-bond donors (Lipinski definition) is 0. The monoisotopic (exact) mass is 198 g/mol. The van der Waals surface area contributed by atoms with Crippen LogP contribution in [0.2, 0.25) is 0 Å². The molecule has 0 aliphatic heterocycles. The van der Waals surface area contributed by atoms with E-state index in [0.717, 1.165) is 16.9 Å². The molecule has 1 aromatic heterocycles. The number of Topliss-reactive ketones (excluding diaryl/α,β-unsaturated/α-hetero) is 1. The molecule has 0 aromatic carbocycles. The van der Waals surface area contributed by atoms with Crippen molar-refractivity contribution in [1.29, 1.82) is 0 Å². The zero-order valence-corrected chi connectivity index (χ0v) is 8.98. The maximum Gasteiger partial charge on any atom is 0.201 e. The Morgan fingerprint density at radius 2 is 2.38 bits per heavy atom. The van der Waals surface area contributed by atoms with Crippen molar-refractivity contribution in [1.82, 2.24) is 0 Å². The lowest BCUT2D eigenvalue weighted by molar-refractivity contribution is 0.0599. The van der Waals surface area contributed by atoms with Crippen molar-refractivity contribution in [3.63, 3.8) is 0 Å². The molecule has 1 heterocycles. The van der Waals surface area contributed by atoms with Gasteiger partial charge in [0, 0.05) is 7.11 Å². The predicted octanol–water partition coefficient (Wildman–Crippen LogP) is 2.66. The number of ketones is 1.